The minimum Gasteiger partial charge on any atom is -0.460 e. The van der Waals surface area contributed by atoms with E-state index < -0.39 is 0 Å². The van der Waals surface area contributed by atoms with Crippen molar-refractivity contribution >= 4 is 11.8 Å². The molecule has 0 bridgehead atoms. The Kier molecular flexibility index (Phi) is 5.82. The molecule has 0 aliphatic carbocycles. The quantitative estimate of drug-likeness (QED) is 0.348. The summed E-state index contributed by atoms with van der Waals surface area (Å²) in [6.45, 7) is 3.35. The fraction of sp³-hybridized carbons (Fsp3) is 0.238. The van der Waals surface area contributed by atoms with Gasteiger partial charge < -0.3 is 14.3 Å². The average Bonchev–Trinajstić information content (AvgIpc) is 3.42. The van der Waals surface area contributed by atoms with E-state index in [0.29, 0.717) is 18.0 Å². The Balaban J connectivity index is 1.48. The third-order valence-electron chi connectivity index (χ3n) is 4.44. The van der Waals surface area contributed by atoms with Gasteiger partial charge in [0, 0.05) is 50.0 Å². The molecule has 0 aliphatic rings. The van der Waals surface area contributed by atoms with Gasteiger partial charge in [-0.3, -0.25) is 0 Å². The SMILES string of the molecule is Cc1ccc(-c2nn(-c3cccc(F)c3)cc2CNCCSc2nccn2C)o1. The molecule has 0 amide bonds. The monoisotopic (exact) mass is 411 g/mol. The van der Waals surface area contributed by atoms with Crippen molar-refractivity contribution in [3.8, 4) is 17.1 Å². The van der Waals surface area contributed by atoms with E-state index in [1.165, 1.54) is 12.1 Å². The van der Waals surface area contributed by atoms with Crippen LogP contribution in [0, 0.1) is 12.7 Å². The Morgan fingerprint density at radius 1 is 1.24 bits per heavy atom. The molecule has 0 aliphatic heterocycles. The second kappa shape index (κ2) is 8.67. The summed E-state index contributed by atoms with van der Waals surface area (Å²) in [4.78, 5) is 4.31. The highest BCUT2D eigenvalue weighted by molar-refractivity contribution is 7.99. The largest absolute Gasteiger partial charge is 0.460 e. The third-order valence-corrected chi connectivity index (χ3v) is 5.50. The van der Waals surface area contributed by atoms with Gasteiger partial charge in [0.05, 0.1) is 5.69 Å². The topological polar surface area (TPSA) is 60.8 Å². The number of hydrogen-bond donors (Lipinski definition) is 1. The van der Waals surface area contributed by atoms with Crippen molar-refractivity contribution < 1.29 is 8.81 Å². The van der Waals surface area contributed by atoms with Gasteiger partial charge in [0.15, 0.2) is 10.9 Å². The van der Waals surface area contributed by atoms with E-state index in [1.54, 1.807) is 28.7 Å². The van der Waals surface area contributed by atoms with Gasteiger partial charge in [0.1, 0.15) is 17.3 Å². The van der Waals surface area contributed by atoms with Crippen molar-refractivity contribution in [3.63, 3.8) is 0 Å². The van der Waals surface area contributed by atoms with Crippen LogP contribution in [0.1, 0.15) is 11.3 Å². The predicted octanol–water partition coefficient (Wildman–Crippen LogP) is 4.20. The lowest BCUT2D eigenvalue weighted by atomic mass is 10.2. The van der Waals surface area contributed by atoms with Crippen LogP contribution in [-0.4, -0.2) is 31.6 Å². The minimum atomic E-state index is -0.292. The van der Waals surface area contributed by atoms with Crippen LogP contribution < -0.4 is 5.32 Å². The molecule has 0 saturated carbocycles. The molecule has 0 fully saturated rings. The third kappa shape index (κ3) is 4.60. The fourth-order valence-corrected chi connectivity index (χ4v) is 3.82. The number of imidazole rings is 1. The maximum atomic E-state index is 13.6. The Morgan fingerprint density at radius 2 is 2.14 bits per heavy atom. The van der Waals surface area contributed by atoms with E-state index in [4.69, 9.17) is 4.42 Å². The molecule has 4 rings (SSSR count). The van der Waals surface area contributed by atoms with Crippen LogP contribution in [0.3, 0.4) is 0 Å². The lowest BCUT2D eigenvalue weighted by Gasteiger charge is -2.04. The number of thioether (sulfide) groups is 1. The average molecular weight is 412 g/mol. The molecule has 0 atom stereocenters. The zero-order chi connectivity index (χ0) is 20.2. The second-order valence-electron chi connectivity index (χ2n) is 6.68. The van der Waals surface area contributed by atoms with Gasteiger partial charge in [-0.1, -0.05) is 17.8 Å². The van der Waals surface area contributed by atoms with Crippen LogP contribution in [0.2, 0.25) is 0 Å². The highest BCUT2D eigenvalue weighted by Crippen LogP contribution is 2.26. The summed E-state index contributed by atoms with van der Waals surface area (Å²) >= 11 is 1.70. The Hall–Kier alpha value is -2.84. The smallest absolute Gasteiger partial charge is 0.167 e. The Labute approximate surface area is 172 Å². The number of nitrogens with zero attached hydrogens (tertiary/aromatic N) is 4. The normalized spacial score (nSPS) is 11.3. The molecule has 3 aromatic heterocycles. The molecule has 0 spiro atoms. The van der Waals surface area contributed by atoms with Crippen LogP contribution >= 0.6 is 11.8 Å². The summed E-state index contributed by atoms with van der Waals surface area (Å²) in [6, 6.07) is 10.2. The number of furan rings is 1. The highest BCUT2D eigenvalue weighted by Gasteiger charge is 2.15. The number of aryl methyl sites for hydroxylation is 2. The zero-order valence-corrected chi connectivity index (χ0v) is 17.1. The predicted molar refractivity (Wildman–Crippen MR) is 112 cm³/mol. The number of benzene rings is 1. The Bertz CT molecular complexity index is 1100. The lowest BCUT2D eigenvalue weighted by Crippen LogP contribution is -2.16. The molecule has 1 N–H and O–H groups in total. The van der Waals surface area contributed by atoms with Gasteiger partial charge in [0.25, 0.3) is 0 Å². The van der Waals surface area contributed by atoms with Crippen molar-refractivity contribution in [2.24, 2.45) is 7.05 Å². The molecule has 4 aromatic rings. The maximum Gasteiger partial charge on any atom is 0.167 e. The summed E-state index contributed by atoms with van der Waals surface area (Å²) in [6.07, 6.45) is 5.66. The summed E-state index contributed by atoms with van der Waals surface area (Å²) in [7, 11) is 1.99. The summed E-state index contributed by atoms with van der Waals surface area (Å²) in [5.41, 5.74) is 2.42. The van der Waals surface area contributed by atoms with Crippen LogP contribution in [0.25, 0.3) is 17.1 Å². The van der Waals surface area contributed by atoms with Crippen LogP contribution in [0.4, 0.5) is 4.39 Å². The highest BCUT2D eigenvalue weighted by atomic mass is 32.2. The van der Waals surface area contributed by atoms with Gasteiger partial charge in [-0.05, 0) is 37.3 Å². The van der Waals surface area contributed by atoms with Crippen molar-refractivity contribution in [3.05, 3.63) is 72.1 Å². The molecular formula is C21H22FN5OS. The lowest BCUT2D eigenvalue weighted by molar-refractivity contribution is 0.544. The molecule has 0 saturated heterocycles. The summed E-state index contributed by atoms with van der Waals surface area (Å²) in [5, 5.41) is 9.10. The van der Waals surface area contributed by atoms with E-state index in [-0.39, 0.29) is 5.82 Å². The van der Waals surface area contributed by atoms with Gasteiger partial charge in [0.2, 0.25) is 0 Å². The zero-order valence-electron chi connectivity index (χ0n) is 16.3. The standard InChI is InChI=1S/C21H22FN5OS/c1-15-6-7-19(28-15)20-16(13-23-9-11-29-21-24-8-10-26(21)2)14-27(25-20)18-5-3-4-17(22)12-18/h3-8,10,12,14,23H,9,11,13H2,1-2H3. The van der Waals surface area contributed by atoms with Crippen molar-refractivity contribution in [1.82, 2.24) is 24.6 Å². The van der Waals surface area contributed by atoms with Crippen molar-refractivity contribution in [2.75, 3.05) is 12.3 Å². The molecule has 3 heterocycles. The first-order valence-electron chi connectivity index (χ1n) is 9.32. The number of hydrogen-bond acceptors (Lipinski definition) is 5. The first-order valence-corrected chi connectivity index (χ1v) is 10.3. The van der Waals surface area contributed by atoms with E-state index in [0.717, 1.165) is 34.5 Å². The molecule has 150 valence electrons. The second-order valence-corrected chi connectivity index (χ2v) is 7.75. The summed E-state index contributed by atoms with van der Waals surface area (Å²) < 4.78 is 23.1. The van der Waals surface area contributed by atoms with E-state index in [9.17, 15) is 4.39 Å². The number of nitrogens with one attached hydrogen (secondary N) is 1. The minimum absolute atomic E-state index is 0.292. The Morgan fingerprint density at radius 3 is 2.86 bits per heavy atom. The van der Waals surface area contributed by atoms with Crippen LogP contribution in [0.5, 0.6) is 0 Å². The van der Waals surface area contributed by atoms with E-state index in [2.05, 4.69) is 15.4 Å². The van der Waals surface area contributed by atoms with Crippen molar-refractivity contribution in [1.29, 1.82) is 0 Å². The fourth-order valence-electron chi connectivity index (χ4n) is 2.99. The number of aromatic nitrogens is 4. The van der Waals surface area contributed by atoms with Crippen LogP contribution in [-0.2, 0) is 13.6 Å². The van der Waals surface area contributed by atoms with E-state index >= 15 is 0 Å². The van der Waals surface area contributed by atoms with Crippen molar-refractivity contribution in [2.45, 2.75) is 18.6 Å². The molecule has 0 radical (unpaired) electrons. The molecule has 0 unspecified atom stereocenters. The number of halogens is 1. The maximum absolute atomic E-state index is 13.6. The number of rotatable bonds is 8. The van der Waals surface area contributed by atoms with Gasteiger partial charge in [-0.15, -0.1) is 0 Å². The molecular weight excluding hydrogens is 389 g/mol. The molecule has 8 heteroatoms. The van der Waals surface area contributed by atoms with Gasteiger partial charge >= 0.3 is 0 Å². The van der Waals surface area contributed by atoms with Crippen LogP contribution in [0.15, 0.2) is 64.6 Å². The first kappa shape index (κ1) is 19.5. The molecule has 29 heavy (non-hydrogen) atoms. The summed E-state index contributed by atoms with van der Waals surface area (Å²) in [5.74, 6) is 2.14. The van der Waals surface area contributed by atoms with E-state index in [1.807, 2.05) is 49.1 Å². The van der Waals surface area contributed by atoms with Gasteiger partial charge in [-0.25, -0.2) is 14.1 Å². The van der Waals surface area contributed by atoms with Gasteiger partial charge in [-0.2, -0.15) is 5.10 Å². The molecule has 1 aromatic carbocycles. The first-order chi connectivity index (χ1) is 14.1. The molecule has 6 nitrogen and oxygen atoms in total.